The summed E-state index contributed by atoms with van der Waals surface area (Å²) >= 11 is 0. The van der Waals surface area contributed by atoms with Crippen LogP contribution >= 0.6 is 0 Å². The van der Waals surface area contributed by atoms with Crippen molar-refractivity contribution in [1.29, 1.82) is 0 Å². The lowest BCUT2D eigenvalue weighted by atomic mass is 10.0. The van der Waals surface area contributed by atoms with E-state index in [0.29, 0.717) is 17.7 Å². The lowest BCUT2D eigenvalue weighted by Crippen LogP contribution is -2.51. The molecule has 2 atom stereocenters. The SMILES string of the molecule is Cc1ccc(CCC(C(=O)O)N2C(=O)C(c3ccccc3)Oc3ccc(N)nc32)cc1. The van der Waals surface area contributed by atoms with Crippen molar-refractivity contribution in [3.05, 3.63) is 83.4 Å². The molecule has 2 heterocycles. The summed E-state index contributed by atoms with van der Waals surface area (Å²) in [6.45, 7) is 1.99. The largest absolute Gasteiger partial charge is 0.480 e. The maximum Gasteiger partial charge on any atom is 0.326 e. The molecule has 3 aromatic rings. The zero-order valence-corrected chi connectivity index (χ0v) is 17.1. The number of nitrogens with two attached hydrogens (primary N) is 1. The minimum Gasteiger partial charge on any atom is -0.480 e. The van der Waals surface area contributed by atoms with Crippen LogP contribution in [-0.4, -0.2) is 28.0 Å². The number of fused-ring (bicyclic) bond motifs is 1. The van der Waals surface area contributed by atoms with Crippen LogP contribution in [0.3, 0.4) is 0 Å². The standard InChI is InChI=1S/C24H23N3O4/c1-15-7-9-16(10-8-15)11-12-18(24(29)30)27-22-19(13-14-20(25)26-22)31-21(23(27)28)17-5-3-2-4-6-17/h2-10,13-14,18,21H,11-12H2,1H3,(H2,25,26)(H,29,30). The van der Waals surface area contributed by atoms with E-state index in [4.69, 9.17) is 10.5 Å². The second kappa shape index (κ2) is 8.47. The molecule has 0 spiro atoms. The molecular formula is C24H23N3O4. The molecule has 4 rings (SSSR count). The highest BCUT2D eigenvalue weighted by Crippen LogP contribution is 2.39. The predicted octanol–water partition coefficient (Wildman–Crippen LogP) is 3.52. The molecule has 0 bridgehead atoms. The Balaban J connectivity index is 1.71. The molecule has 2 unspecified atom stereocenters. The Morgan fingerprint density at radius 1 is 1.13 bits per heavy atom. The minimum atomic E-state index is -1.11. The first-order valence-electron chi connectivity index (χ1n) is 10.0. The van der Waals surface area contributed by atoms with Crippen LogP contribution in [0.4, 0.5) is 11.6 Å². The molecular weight excluding hydrogens is 394 g/mol. The first-order chi connectivity index (χ1) is 14.9. The van der Waals surface area contributed by atoms with E-state index >= 15 is 0 Å². The van der Waals surface area contributed by atoms with E-state index in [1.165, 1.54) is 4.90 Å². The molecule has 7 heteroatoms. The number of pyridine rings is 1. The van der Waals surface area contributed by atoms with Gasteiger partial charge < -0.3 is 15.6 Å². The number of benzene rings is 2. The molecule has 7 nitrogen and oxygen atoms in total. The van der Waals surface area contributed by atoms with Crippen molar-refractivity contribution in [1.82, 2.24) is 4.98 Å². The van der Waals surface area contributed by atoms with Crippen molar-refractivity contribution in [2.75, 3.05) is 10.6 Å². The Morgan fingerprint density at radius 2 is 1.84 bits per heavy atom. The van der Waals surface area contributed by atoms with Crippen LogP contribution in [0.1, 0.15) is 29.2 Å². The summed E-state index contributed by atoms with van der Waals surface area (Å²) in [4.78, 5) is 31.2. The summed E-state index contributed by atoms with van der Waals surface area (Å²) in [5, 5.41) is 10.0. The van der Waals surface area contributed by atoms with E-state index in [9.17, 15) is 14.7 Å². The van der Waals surface area contributed by atoms with Gasteiger partial charge in [0.2, 0.25) is 6.10 Å². The number of nitrogens with zero attached hydrogens (tertiary/aromatic N) is 2. The number of carboxylic acids is 1. The van der Waals surface area contributed by atoms with E-state index in [-0.39, 0.29) is 18.1 Å². The zero-order valence-electron chi connectivity index (χ0n) is 17.1. The molecule has 31 heavy (non-hydrogen) atoms. The maximum absolute atomic E-state index is 13.5. The first-order valence-corrected chi connectivity index (χ1v) is 10.0. The Kier molecular flexibility index (Phi) is 5.58. The van der Waals surface area contributed by atoms with E-state index in [0.717, 1.165) is 11.1 Å². The summed E-state index contributed by atoms with van der Waals surface area (Å²) in [5.41, 5.74) is 8.60. The molecule has 1 aliphatic heterocycles. The smallest absolute Gasteiger partial charge is 0.326 e. The normalized spacial score (nSPS) is 16.4. The average molecular weight is 417 g/mol. The van der Waals surface area contributed by atoms with Crippen LogP contribution in [0.2, 0.25) is 0 Å². The van der Waals surface area contributed by atoms with Gasteiger partial charge in [0.15, 0.2) is 11.6 Å². The van der Waals surface area contributed by atoms with Crippen LogP contribution in [0.5, 0.6) is 5.75 Å². The van der Waals surface area contributed by atoms with E-state index in [1.807, 2.05) is 37.3 Å². The van der Waals surface area contributed by atoms with Gasteiger partial charge >= 0.3 is 5.97 Å². The van der Waals surface area contributed by atoms with Crippen molar-refractivity contribution in [3.8, 4) is 5.75 Å². The van der Waals surface area contributed by atoms with Crippen LogP contribution < -0.4 is 15.4 Å². The Labute approximate surface area is 180 Å². The monoisotopic (exact) mass is 417 g/mol. The van der Waals surface area contributed by atoms with Gasteiger partial charge in [-0.3, -0.25) is 9.69 Å². The van der Waals surface area contributed by atoms with Crippen molar-refractivity contribution >= 4 is 23.5 Å². The number of aliphatic carboxylic acids is 1. The number of rotatable bonds is 6. The third kappa shape index (κ3) is 4.21. The van der Waals surface area contributed by atoms with E-state index in [2.05, 4.69) is 4.98 Å². The van der Waals surface area contributed by atoms with Crippen molar-refractivity contribution < 1.29 is 19.4 Å². The second-order valence-corrected chi connectivity index (χ2v) is 7.55. The topological polar surface area (TPSA) is 106 Å². The number of carbonyl (C=O) groups is 2. The lowest BCUT2D eigenvalue weighted by molar-refractivity contribution is -0.141. The summed E-state index contributed by atoms with van der Waals surface area (Å²) in [6.07, 6.45) is -0.239. The third-order valence-corrected chi connectivity index (χ3v) is 5.32. The van der Waals surface area contributed by atoms with Crippen molar-refractivity contribution in [2.24, 2.45) is 0 Å². The van der Waals surface area contributed by atoms with Crippen molar-refractivity contribution in [2.45, 2.75) is 31.9 Å². The quantitative estimate of drug-likeness (QED) is 0.636. The van der Waals surface area contributed by atoms with Crippen LogP contribution in [0.25, 0.3) is 0 Å². The van der Waals surface area contributed by atoms with Gasteiger partial charge in [0.1, 0.15) is 11.9 Å². The number of carbonyl (C=O) groups excluding carboxylic acids is 1. The number of ether oxygens (including phenoxy) is 1. The van der Waals surface area contributed by atoms with Gasteiger partial charge in [0.05, 0.1) is 0 Å². The average Bonchev–Trinajstić information content (AvgIpc) is 2.76. The summed E-state index contributed by atoms with van der Waals surface area (Å²) in [6, 6.07) is 19.0. The molecule has 0 saturated carbocycles. The van der Waals surface area contributed by atoms with Crippen LogP contribution in [0, 0.1) is 6.92 Å². The molecule has 1 aliphatic rings. The minimum absolute atomic E-state index is 0.133. The highest BCUT2D eigenvalue weighted by molar-refractivity contribution is 6.04. The number of hydrogen-bond donors (Lipinski definition) is 2. The number of carboxylic acid groups (broad SMARTS) is 1. The summed E-state index contributed by atoms with van der Waals surface area (Å²) in [7, 11) is 0. The number of amides is 1. The fraction of sp³-hybridized carbons (Fsp3) is 0.208. The summed E-state index contributed by atoms with van der Waals surface area (Å²) < 4.78 is 5.92. The van der Waals surface area contributed by atoms with Crippen LogP contribution in [-0.2, 0) is 16.0 Å². The molecule has 0 radical (unpaired) electrons. The fourth-order valence-electron chi connectivity index (χ4n) is 3.68. The third-order valence-electron chi connectivity index (χ3n) is 5.32. The molecule has 1 amide bonds. The number of hydrogen-bond acceptors (Lipinski definition) is 5. The lowest BCUT2D eigenvalue weighted by Gasteiger charge is -2.36. The van der Waals surface area contributed by atoms with Gasteiger partial charge in [-0.2, -0.15) is 0 Å². The summed E-state index contributed by atoms with van der Waals surface area (Å²) in [5.74, 6) is -0.948. The van der Waals surface area contributed by atoms with E-state index < -0.39 is 24.0 Å². The molecule has 0 saturated heterocycles. The number of aryl methyl sites for hydroxylation is 2. The van der Waals surface area contributed by atoms with Gasteiger partial charge in [-0.15, -0.1) is 0 Å². The van der Waals surface area contributed by atoms with Gasteiger partial charge in [-0.25, -0.2) is 9.78 Å². The van der Waals surface area contributed by atoms with Gasteiger partial charge in [0, 0.05) is 5.56 Å². The highest BCUT2D eigenvalue weighted by atomic mass is 16.5. The molecule has 0 aliphatic carbocycles. The number of nitrogen functional groups attached to an aromatic ring is 1. The maximum atomic E-state index is 13.5. The molecule has 0 fully saturated rings. The number of aromatic nitrogens is 1. The highest BCUT2D eigenvalue weighted by Gasteiger charge is 2.42. The predicted molar refractivity (Wildman–Crippen MR) is 117 cm³/mol. The Hall–Kier alpha value is -3.87. The fourth-order valence-corrected chi connectivity index (χ4v) is 3.68. The van der Waals surface area contributed by atoms with Gasteiger partial charge in [0.25, 0.3) is 5.91 Å². The van der Waals surface area contributed by atoms with Gasteiger partial charge in [-0.05, 0) is 37.5 Å². The molecule has 1 aromatic heterocycles. The van der Waals surface area contributed by atoms with Crippen molar-refractivity contribution in [3.63, 3.8) is 0 Å². The molecule has 158 valence electrons. The Morgan fingerprint density at radius 3 is 2.52 bits per heavy atom. The zero-order chi connectivity index (χ0) is 22.0. The first kappa shape index (κ1) is 20.4. The Bertz CT molecular complexity index is 1100. The van der Waals surface area contributed by atoms with Crippen LogP contribution in [0.15, 0.2) is 66.7 Å². The van der Waals surface area contributed by atoms with E-state index in [1.54, 1.807) is 36.4 Å². The van der Waals surface area contributed by atoms with Gasteiger partial charge in [-0.1, -0.05) is 60.2 Å². The number of anilines is 2. The molecule has 3 N–H and O–H groups in total. The second-order valence-electron chi connectivity index (χ2n) is 7.55. The molecule has 2 aromatic carbocycles.